The number of rotatable bonds is 8. The highest BCUT2D eigenvalue weighted by Crippen LogP contribution is 2.12. The third kappa shape index (κ3) is 6.57. The fraction of sp³-hybridized carbons (Fsp3) is 0.391. The molecule has 0 radical (unpaired) electrons. The van der Waals surface area contributed by atoms with E-state index in [1.807, 2.05) is 37.3 Å². The third-order valence-electron chi connectivity index (χ3n) is 5.10. The molecule has 2 aromatic carbocycles. The van der Waals surface area contributed by atoms with Gasteiger partial charge in [-0.15, -0.1) is 0 Å². The van der Waals surface area contributed by atoms with E-state index in [4.69, 9.17) is 4.74 Å². The summed E-state index contributed by atoms with van der Waals surface area (Å²) in [5.41, 5.74) is 2.32. The van der Waals surface area contributed by atoms with E-state index in [-0.39, 0.29) is 11.9 Å². The summed E-state index contributed by atoms with van der Waals surface area (Å²) in [4.78, 5) is 28.9. The number of anilines is 1. The SMILES string of the molecule is CCN(Cc1ccccc1)C(=O)Nc1ccc(C(=O)NCCN2CCOCC2)cc1. The molecular weight excluding hydrogens is 380 g/mol. The van der Waals surface area contributed by atoms with E-state index in [1.54, 1.807) is 29.2 Å². The molecule has 1 heterocycles. The van der Waals surface area contributed by atoms with Gasteiger partial charge in [-0.1, -0.05) is 30.3 Å². The van der Waals surface area contributed by atoms with Gasteiger partial charge in [0.25, 0.3) is 5.91 Å². The van der Waals surface area contributed by atoms with Gasteiger partial charge in [0, 0.05) is 50.5 Å². The number of benzene rings is 2. The molecule has 0 aromatic heterocycles. The predicted molar refractivity (Wildman–Crippen MR) is 118 cm³/mol. The van der Waals surface area contributed by atoms with Crippen molar-refractivity contribution < 1.29 is 14.3 Å². The molecule has 30 heavy (non-hydrogen) atoms. The van der Waals surface area contributed by atoms with Crippen LogP contribution in [0.3, 0.4) is 0 Å². The molecular formula is C23H30N4O3. The monoisotopic (exact) mass is 410 g/mol. The molecule has 0 aliphatic carbocycles. The molecule has 0 bridgehead atoms. The number of hydrogen-bond acceptors (Lipinski definition) is 4. The summed E-state index contributed by atoms with van der Waals surface area (Å²) in [5.74, 6) is -0.111. The minimum absolute atomic E-state index is 0.111. The van der Waals surface area contributed by atoms with Gasteiger partial charge in [-0.2, -0.15) is 0 Å². The average Bonchev–Trinajstić information content (AvgIpc) is 2.79. The number of carbonyl (C=O) groups is 2. The standard InChI is InChI=1S/C23H30N4O3/c1-2-27(18-19-6-4-3-5-7-19)23(29)25-21-10-8-20(9-11-21)22(28)24-12-13-26-14-16-30-17-15-26/h3-11H,2,12-18H2,1H3,(H,24,28)(H,25,29). The summed E-state index contributed by atoms with van der Waals surface area (Å²) in [6.45, 7) is 7.83. The first kappa shape index (κ1) is 21.8. The minimum atomic E-state index is -0.163. The van der Waals surface area contributed by atoms with Gasteiger partial charge in [0.05, 0.1) is 13.2 Å². The highest BCUT2D eigenvalue weighted by atomic mass is 16.5. The molecule has 1 fully saturated rings. The fourth-order valence-corrected chi connectivity index (χ4v) is 3.29. The van der Waals surface area contributed by atoms with Crippen LogP contribution in [0.15, 0.2) is 54.6 Å². The zero-order valence-corrected chi connectivity index (χ0v) is 17.5. The summed E-state index contributed by atoms with van der Waals surface area (Å²) in [6.07, 6.45) is 0. The summed E-state index contributed by atoms with van der Waals surface area (Å²) in [6, 6.07) is 16.7. The highest BCUT2D eigenvalue weighted by molar-refractivity contribution is 5.95. The largest absolute Gasteiger partial charge is 0.379 e. The molecule has 3 amide bonds. The smallest absolute Gasteiger partial charge is 0.322 e. The number of amides is 3. The van der Waals surface area contributed by atoms with Crippen molar-refractivity contribution in [2.75, 3.05) is 51.3 Å². The Balaban J connectivity index is 1.46. The van der Waals surface area contributed by atoms with Crippen molar-refractivity contribution in [3.05, 3.63) is 65.7 Å². The van der Waals surface area contributed by atoms with Crippen LogP contribution in [0.1, 0.15) is 22.8 Å². The Morgan fingerprint density at radius 3 is 2.40 bits per heavy atom. The number of urea groups is 1. The van der Waals surface area contributed by atoms with Crippen molar-refractivity contribution in [1.29, 1.82) is 0 Å². The molecule has 7 nitrogen and oxygen atoms in total. The quantitative estimate of drug-likeness (QED) is 0.702. The summed E-state index contributed by atoms with van der Waals surface area (Å²) < 4.78 is 5.32. The number of hydrogen-bond donors (Lipinski definition) is 2. The van der Waals surface area contributed by atoms with Crippen LogP contribution in [0.4, 0.5) is 10.5 Å². The fourth-order valence-electron chi connectivity index (χ4n) is 3.29. The van der Waals surface area contributed by atoms with Crippen LogP contribution in [0.2, 0.25) is 0 Å². The van der Waals surface area contributed by atoms with Gasteiger partial charge >= 0.3 is 6.03 Å². The lowest BCUT2D eigenvalue weighted by atomic mass is 10.2. The first-order chi connectivity index (χ1) is 14.7. The normalized spacial score (nSPS) is 14.2. The van der Waals surface area contributed by atoms with E-state index >= 15 is 0 Å². The molecule has 0 spiro atoms. The van der Waals surface area contributed by atoms with E-state index < -0.39 is 0 Å². The van der Waals surface area contributed by atoms with Gasteiger partial charge in [0.15, 0.2) is 0 Å². The Bertz CT molecular complexity index is 805. The molecule has 1 aliphatic heterocycles. The number of nitrogens with zero attached hydrogens (tertiary/aromatic N) is 2. The molecule has 1 aliphatic rings. The second-order valence-electron chi connectivity index (χ2n) is 7.22. The van der Waals surface area contributed by atoms with Gasteiger partial charge in [-0.3, -0.25) is 9.69 Å². The minimum Gasteiger partial charge on any atom is -0.379 e. The summed E-state index contributed by atoms with van der Waals surface area (Å²) >= 11 is 0. The molecule has 3 rings (SSSR count). The van der Waals surface area contributed by atoms with Crippen LogP contribution in [-0.2, 0) is 11.3 Å². The average molecular weight is 411 g/mol. The molecule has 0 unspecified atom stereocenters. The topological polar surface area (TPSA) is 73.9 Å². The number of carbonyl (C=O) groups excluding carboxylic acids is 2. The maximum Gasteiger partial charge on any atom is 0.322 e. The Morgan fingerprint density at radius 2 is 1.73 bits per heavy atom. The van der Waals surface area contributed by atoms with Crippen molar-refractivity contribution in [1.82, 2.24) is 15.1 Å². The van der Waals surface area contributed by atoms with Gasteiger partial charge in [-0.05, 0) is 36.8 Å². The first-order valence-electron chi connectivity index (χ1n) is 10.4. The Labute approximate surface area is 178 Å². The second-order valence-corrected chi connectivity index (χ2v) is 7.22. The predicted octanol–water partition coefficient (Wildman–Crippen LogP) is 2.80. The van der Waals surface area contributed by atoms with Crippen molar-refractivity contribution in [3.63, 3.8) is 0 Å². The molecule has 160 valence electrons. The van der Waals surface area contributed by atoms with Crippen LogP contribution < -0.4 is 10.6 Å². The van der Waals surface area contributed by atoms with E-state index in [0.717, 1.165) is 38.4 Å². The van der Waals surface area contributed by atoms with Crippen LogP contribution in [0.25, 0.3) is 0 Å². The highest BCUT2D eigenvalue weighted by Gasteiger charge is 2.13. The number of nitrogens with one attached hydrogen (secondary N) is 2. The maximum atomic E-state index is 12.6. The third-order valence-corrected chi connectivity index (χ3v) is 5.10. The van der Waals surface area contributed by atoms with E-state index in [9.17, 15) is 9.59 Å². The Hall–Kier alpha value is -2.90. The van der Waals surface area contributed by atoms with Crippen molar-refractivity contribution in [2.45, 2.75) is 13.5 Å². The zero-order valence-electron chi connectivity index (χ0n) is 17.5. The number of morpholine rings is 1. The van der Waals surface area contributed by atoms with Gasteiger partial charge in [0.1, 0.15) is 0 Å². The van der Waals surface area contributed by atoms with Gasteiger partial charge in [-0.25, -0.2) is 4.79 Å². The lowest BCUT2D eigenvalue weighted by molar-refractivity contribution is 0.0383. The molecule has 2 aromatic rings. The van der Waals surface area contributed by atoms with Crippen LogP contribution in [0.5, 0.6) is 0 Å². The molecule has 0 saturated carbocycles. The van der Waals surface area contributed by atoms with Crippen LogP contribution in [0, 0.1) is 0 Å². The lowest BCUT2D eigenvalue weighted by Gasteiger charge is -2.26. The Kier molecular flexibility index (Phi) is 8.23. The summed E-state index contributed by atoms with van der Waals surface area (Å²) in [7, 11) is 0. The lowest BCUT2D eigenvalue weighted by Crippen LogP contribution is -2.41. The summed E-state index contributed by atoms with van der Waals surface area (Å²) in [5, 5.41) is 5.85. The first-order valence-corrected chi connectivity index (χ1v) is 10.4. The van der Waals surface area contributed by atoms with E-state index in [1.165, 1.54) is 0 Å². The van der Waals surface area contributed by atoms with E-state index in [0.29, 0.717) is 30.9 Å². The number of ether oxygens (including phenoxy) is 1. The van der Waals surface area contributed by atoms with Crippen LogP contribution in [-0.4, -0.2) is 67.7 Å². The molecule has 2 N–H and O–H groups in total. The van der Waals surface area contributed by atoms with Crippen LogP contribution >= 0.6 is 0 Å². The maximum absolute atomic E-state index is 12.6. The molecule has 7 heteroatoms. The zero-order chi connectivity index (χ0) is 21.2. The van der Waals surface area contributed by atoms with Crippen molar-refractivity contribution >= 4 is 17.6 Å². The van der Waals surface area contributed by atoms with Crippen molar-refractivity contribution in [3.8, 4) is 0 Å². The van der Waals surface area contributed by atoms with E-state index in [2.05, 4.69) is 15.5 Å². The van der Waals surface area contributed by atoms with Gasteiger partial charge < -0.3 is 20.3 Å². The Morgan fingerprint density at radius 1 is 1.03 bits per heavy atom. The van der Waals surface area contributed by atoms with Crippen molar-refractivity contribution in [2.24, 2.45) is 0 Å². The molecule has 1 saturated heterocycles. The second kappa shape index (κ2) is 11.3. The van der Waals surface area contributed by atoms with Gasteiger partial charge in [0.2, 0.25) is 0 Å². The molecule has 0 atom stereocenters.